The number of hydrogen-bond acceptors (Lipinski definition) is 4. The fourth-order valence-electron chi connectivity index (χ4n) is 2.33. The third kappa shape index (κ3) is 4.04. The predicted molar refractivity (Wildman–Crippen MR) is 79.3 cm³/mol. The molecule has 104 valence electrons. The molecule has 4 heteroatoms. The van der Waals surface area contributed by atoms with E-state index in [1.807, 2.05) is 18.3 Å². The van der Waals surface area contributed by atoms with Crippen LogP contribution in [0.1, 0.15) is 18.9 Å². The molecule has 0 aliphatic carbocycles. The first kappa shape index (κ1) is 14.0. The summed E-state index contributed by atoms with van der Waals surface area (Å²) in [6.45, 7) is 10.7. The number of nitrogens with one attached hydrogen (secondary N) is 1. The minimum Gasteiger partial charge on any atom is -0.379 e. The lowest BCUT2D eigenvalue weighted by Crippen LogP contribution is -2.46. The van der Waals surface area contributed by atoms with E-state index in [-0.39, 0.29) is 0 Å². The Morgan fingerprint density at radius 2 is 2.26 bits per heavy atom. The molecule has 0 radical (unpaired) electrons. The van der Waals surface area contributed by atoms with Crippen LogP contribution in [-0.2, 0) is 4.74 Å². The summed E-state index contributed by atoms with van der Waals surface area (Å²) in [6.07, 6.45) is 4.78. The highest BCUT2D eigenvalue weighted by Gasteiger charge is 2.19. The molecule has 1 aliphatic heterocycles. The minimum absolute atomic E-state index is 0.546. The van der Waals surface area contributed by atoms with Gasteiger partial charge in [-0.2, -0.15) is 0 Å². The molecular formula is C15H23N3O. The molecule has 0 bridgehead atoms. The van der Waals surface area contributed by atoms with Gasteiger partial charge in [0.15, 0.2) is 0 Å². The molecule has 1 aromatic rings. The number of ether oxygens (including phenoxy) is 1. The molecule has 1 fully saturated rings. The highest BCUT2D eigenvalue weighted by Crippen LogP contribution is 2.10. The number of aromatic nitrogens is 1. The van der Waals surface area contributed by atoms with Crippen LogP contribution in [0.15, 0.2) is 24.9 Å². The van der Waals surface area contributed by atoms with Gasteiger partial charge in [-0.3, -0.25) is 4.90 Å². The van der Waals surface area contributed by atoms with Crippen LogP contribution in [0.2, 0.25) is 0 Å². The zero-order valence-corrected chi connectivity index (χ0v) is 11.6. The Bertz CT molecular complexity index is 385. The summed E-state index contributed by atoms with van der Waals surface area (Å²) in [5, 5.41) is 3.42. The van der Waals surface area contributed by atoms with Crippen molar-refractivity contribution >= 4 is 11.9 Å². The summed E-state index contributed by atoms with van der Waals surface area (Å²) in [6, 6.07) is 4.57. The summed E-state index contributed by atoms with van der Waals surface area (Å²) in [7, 11) is 0. The number of anilines is 1. The second-order valence-corrected chi connectivity index (χ2v) is 4.77. The zero-order valence-electron chi connectivity index (χ0n) is 11.6. The van der Waals surface area contributed by atoms with Crippen molar-refractivity contribution in [3.8, 4) is 0 Å². The van der Waals surface area contributed by atoms with Gasteiger partial charge in [0, 0.05) is 31.9 Å². The standard InChI is InChI=1S/C15H23N3O/c1-3-13-5-6-15(16-11-13)17-12-14(4-2)18-7-9-19-10-8-18/h3,5-6,11,14H,1,4,7-10,12H2,2H3,(H,16,17). The van der Waals surface area contributed by atoms with Crippen molar-refractivity contribution in [3.05, 3.63) is 30.5 Å². The van der Waals surface area contributed by atoms with Gasteiger partial charge in [-0.25, -0.2) is 4.98 Å². The molecule has 1 saturated heterocycles. The van der Waals surface area contributed by atoms with Gasteiger partial charge >= 0.3 is 0 Å². The Kier molecular flexibility index (Phi) is 5.36. The van der Waals surface area contributed by atoms with Crippen LogP contribution in [0.25, 0.3) is 6.08 Å². The molecule has 0 spiro atoms. The first-order valence-electron chi connectivity index (χ1n) is 6.97. The fraction of sp³-hybridized carbons (Fsp3) is 0.533. The van der Waals surface area contributed by atoms with Crippen molar-refractivity contribution in [2.45, 2.75) is 19.4 Å². The highest BCUT2D eigenvalue weighted by atomic mass is 16.5. The number of nitrogens with zero attached hydrogens (tertiary/aromatic N) is 2. The Labute approximate surface area is 115 Å². The summed E-state index contributed by atoms with van der Waals surface area (Å²) in [5.74, 6) is 0.928. The third-order valence-corrected chi connectivity index (χ3v) is 3.57. The summed E-state index contributed by atoms with van der Waals surface area (Å²) in [4.78, 5) is 6.87. The van der Waals surface area contributed by atoms with Crippen molar-refractivity contribution in [2.24, 2.45) is 0 Å². The topological polar surface area (TPSA) is 37.4 Å². The molecule has 2 rings (SSSR count). The van der Waals surface area contributed by atoms with Crippen LogP contribution in [-0.4, -0.2) is 48.8 Å². The quantitative estimate of drug-likeness (QED) is 0.852. The van der Waals surface area contributed by atoms with Crippen molar-refractivity contribution in [1.82, 2.24) is 9.88 Å². The van der Waals surface area contributed by atoms with E-state index in [9.17, 15) is 0 Å². The Morgan fingerprint density at radius 1 is 1.47 bits per heavy atom. The van der Waals surface area contributed by atoms with Crippen LogP contribution in [0.3, 0.4) is 0 Å². The first-order valence-corrected chi connectivity index (χ1v) is 6.97. The van der Waals surface area contributed by atoms with Gasteiger partial charge in [-0.15, -0.1) is 0 Å². The maximum atomic E-state index is 5.40. The molecule has 1 unspecified atom stereocenters. The Balaban J connectivity index is 1.85. The Morgan fingerprint density at radius 3 is 2.84 bits per heavy atom. The summed E-state index contributed by atoms with van der Waals surface area (Å²) < 4.78 is 5.40. The van der Waals surface area contributed by atoms with E-state index < -0.39 is 0 Å². The second-order valence-electron chi connectivity index (χ2n) is 4.77. The molecule has 19 heavy (non-hydrogen) atoms. The molecule has 1 atom stereocenters. The van der Waals surface area contributed by atoms with Gasteiger partial charge < -0.3 is 10.1 Å². The summed E-state index contributed by atoms with van der Waals surface area (Å²) in [5.41, 5.74) is 1.05. The molecule has 0 aromatic carbocycles. The highest BCUT2D eigenvalue weighted by molar-refractivity contribution is 5.48. The van der Waals surface area contributed by atoms with Crippen molar-refractivity contribution in [3.63, 3.8) is 0 Å². The maximum Gasteiger partial charge on any atom is 0.125 e. The number of hydrogen-bond donors (Lipinski definition) is 1. The lowest BCUT2D eigenvalue weighted by atomic mass is 10.1. The molecule has 4 nitrogen and oxygen atoms in total. The van der Waals surface area contributed by atoms with Crippen molar-refractivity contribution in [2.75, 3.05) is 38.2 Å². The molecule has 0 saturated carbocycles. The SMILES string of the molecule is C=Cc1ccc(NCC(CC)N2CCOCC2)nc1. The van der Waals surface area contributed by atoms with Crippen LogP contribution in [0.5, 0.6) is 0 Å². The van der Waals surface area contributed by atoms with Gasteiger partial charge in [0.25, 0.3) is 0 Å². The lowest BCUT2D eigenvalue weighted by molar-refractivity contribution is 0.0184. The largest absolute Gasteiger partial charge is 0.379 e. The molecular weight excluding hydrogens is 238 g/mol. The van der Waals surface area contributed by atoms with E-state index in [1.165, 1.54) is 0 Å². The molecule has 1 aromatic heterocycles. The zero-order chi connectivity index (χ0) is 13.5. The van der Waals surface area contributed by atoms with Crippen molar-refractivity contribution < 1.29 is 4.74 Å². The number of pyridine rings is 1. The second kappa shape index (κ2) is 7.26. The van der Waals surface area contributed by atoms with Gasteiger partial charge in [0.05, 0.1) is 13.2 Å². The number of morpholine rings is 1. The van der Waals surface area contributed by atoms with E-state index in [0.717, 1.165) is 50.7 Å². The molecule has 0 amide bonds. The van der Waals surface area contributed by atoms with Crippen LogP contribution in [0, 0.1) is 0 Å². The van der Waals surface area contributed by atoms with Crippen LogP contribution < -0.4 is 5.32 Å². The number of rotatable bonds is 6. The maximum absolute atomic E-state index is 5.40. The van der Waals surface area contributed by atoms with E-state index in [0.29, 0.717) is 6.04 Å². The van der Waals surface area contributed by atoms with E-state index in [4.69, 9.17) is 4.74 Å². The van der Waals surface area contributed by atoms with Crippen LogP contribution >= 0.6 is 0 Å². The third-order valence-electron chi connectivity index (χ3n) is 3.57. The molecule has 1 aliphatic rings. The normalized spacial score (nSPS) is 17.9. The van der Waals surface area contributed by atoms with Gasteiger partial charge in [0.1, 0.15) is 5.82 Å². The smallest absolute Gasteiger partial charge is 0.125 e. The van der Waals surface area contributed by atoms with E-state index in [2.05, 4.69) is 28.7 Å². The average molecular weight is 261 g/mol. The van der Waals surface area contributed by atoms with Gasteiger partial charge in [0.2, 0.25) is 0 Å². The predicted octanol–water partition coefficient (Wildman–Crippen LogP) is 2.25. The van der Waals surface area contributed by atoms with E-state index >= 15 is 0 Å². The monoisotopic (exact) mass is 261 g/mol. The lowest BCUT2D eigenvalue weighted by Gasteiger charge is -2.34. The fourth-order valence-corrected chi connectivity index (χ4v) is 2.33. The average Bonchev–Trinajstić information content (AvgIpc) is 2.49. The summed E-state index contributed by atoms with van der Waals surface area (Å²) >= 11 is 0. The van der Waals surface area contributed by atoms with Crippen molar-refractivity contribution in [1.29, 1.82) is 0 Å². The van der Waals surface area contributed by atoms with Gasteiger partial charge in [-0.05, 0) is 24.1 Å². The van der Waals surface area contributed by atoms with Gasteiger partial charge in [-0.1, -0.05) is 19.6 Å². The first-order chi connectivity index (χ1) is 9.33. The van der Waals surface area contributed by atoms with Crippen LogP contribution in [0.4, 0.5) is 5.82 Å². The molecule has 2 heterocycles. The Hall–Kier alpha value is -1.39. The minimum atomic E-state index is 0.546. The van der Waals surface area contributed by atoms with E-state index in [1.54, 1.807) is 6.08 Å². The molecule has 1 N–H and O–H groups in total.